The Morgan fingerprint density at radius 1 is 0.707 bits per heavy atom. The number of nitrogens with one attached hydrogen (secondary N) is 3. The number of hydrogen-bond acceptors (Lipinski definition) is 10. The molecule has 4 aliphatic rings. The molecule has 4 aromatic heterocycles. The topological polar surface area (TPSA) is 124 Å². The van der Waals surface area contributed by atoms with Crippen LogP contribution in [-0.2, 0) is 4.79 Å². The van der Waals surface area contributed by atoms with Crippen LogP contribution in [0.3, 0.4) is 0 Å². The van der Waals surface area contributed by atoms with Crippen LogP contribution in [0.2, 0.25) is 0 Å². The van der Waals surface area contributed by atoms with Crippen molar-refractivity contribution in [3.63, 3.8) is 0 Å². The van der Waals surface area contributed by atoms with Crippen LogP contribution in [0.4, 0.5) is 34.6 Å². The smallest absolute Gasteiger partial charge is 0.229 e. The molecule has 0 radical (unpaired) electrons. The molecule has 4 fully saturated rings. The number of aryl methyl sites for hydroxylation is 2. The molecule has 2 unspecified atom stereocenters. The Hall–Kier alpha value is -5.69. The van der Waals surface area contributed by atoms with Crippen molar-refractivity contribution in [3.05, 3.63) is 83.9 Å². The van der Waals surface area contributed by atoms with Gasteiger partial charge in [0.1, 0.15) is 11.3 Å². The summed E-state index contributed by atoms with van der Waals surface area (Å²) >= 11 is 0. The minimum absolute atomic E-state index is 0.147. The highest BCUT2D eigenvalue weighted by Gasteiger charge is 2.30. The van der Waals surface area contributed by atoms with E-state index in [1.165, 1.54) is 35.2 Å². The van der Waals surface area contributed by atoms with Crippen LogP contribution < -0.4 is 25.8 Å². The Bertz CT molecular complexity index is 2450. The zero-order valence-electron chi connectivity index (χ0n) is 33.9. The molecule has 58 heavy (non-hydrogen) atoms. The molecule has 2 aromatic carbocycles. The lowest BCUT2D eigenvalue weighted by atomic mass is 9.80. The summed E-state index contributed by atoms with van der Waals surface area (Å²) in [5.41, 5.74) is 10.3. The minimum Gasteiger partial charge on any atom is -0.369 e. The third kappa shape index (κ3) is 7.20. The molecule has 2 saturated carbocycles. The van der Waals surface area contributed by atoms with Crippen molar-refractivity contribution < 1.29 is 4.79 Å². The van der Waals surface area contributed by atoms with E-state index in [1.54, 1.807) is 6.92 Å². The molecule has 2 saturated heterocycles. The molecule has 13 heteroatoms. The summed E-state index contributed by atoms with van der Waals surface area (Å²) < 4.78 is 4.77. The molecule has 1 amide bonds. The molecule has 2 aliphatic carbocycles. The number of piperazine rings is 2. The second kappa shape index (κ2) is 15.2. The highest BCUT2D eigenvalue weighted by atomic mass is 16.2. The number of fused-ring (bicyclic) bond motifs is 2. The van der Waals surface area contributed by atoms with Crippen LogP contribution in [0, 0.1) is 13.8 Å². The second-order valence-corrected chi connectivity index (χ2v) is 16.8. The van der Waals surface area contributed by atoms with Gasteiger partial charge in [-0.15, -0.1) is 0 Å². The van der Waals surface area contributed by atoms with Crippen LogP contribution >= 0.6 is 0 Å². The predicted molar refractivity (Wildman–Crippen MR) is 232 cm³/mol. The van der Waals surface area contributed by atoms with Crippen molar-refractivity contribution in [2.75, 3.05) is 72.8 Å². The van der Waals surface area contributed by atoms with Gasteiger partial charge in [0.25, 0.3) is 0 Å². The molecule has 300 valence electrons. The largest absolute Gasteiger partial charge is 0.369 e. The molecule has 10 rings (SSSR count). The first kappa shape index (κ1) is 36.6. The van der Waals surface area contributed by atoms with Crippen molar-refractivity contribution in [1.29, 1.82) is 0 Å². The second-order valence-electron chi connectivity index (χ2n) is 16.8. The van der Waals surface area contributed by atoms with Gasteiger partial charge in [0, 0.05) is 130 Å². The summed E-state index contributed by atoms with van der Waals surface area (Å²) in [6.07, 6.45) is 15.3. The number of rotatable bonds is 9. The Morgan fingerprint density at radius 2 is 1.33 bits per heavy atom. The van der Waals surface area contributed by atoms with E-state index < -0.39 is 0 Å². The number of carbonyl (C=O) groups excluding carboxylic acids is 1. The van der Waals surface area contributed by atoms with Gasteiger partial charge in [0.2, 0.25) is 17.8 Å². The highest BCUT2D eigenvalue weighted by Crippen LogP contribution is 2.44. The first-order chi connectivity index (χ1) is 28.3. The molecular weight excluding hydrogens is 725 g/mol. The monoisotopic (exact) mass is 778 g/mol. The average Bonchev–Trinajstić information content (AvgIpc) is 3.98. The van der Waals surface area contributed by atoms with E-state index in [0.29, 0.717) is 29.9 Å². The summed E-state index contributed by atoms with van der Waals surface area (Å²) in [4.78, 5) is 38.4. The summed E-state index contributed by atoms with van der Waals surface area (Å²) in [6, 6.07) is 16.3. The maximum absolute atomic E-state index is 11.8. The first-order valence-electron chi connectivity index (χ1n) is 21.3. The average molecular weight is 779 g/mol. The van der Waals surface area contributed by atoms with Crippen LogP contribution in [0.1, 0.15) is 80.1 Å². The lowest BCUT2D eigenvalue weighted by Gasteiger charge is -2.35. The lowest BCUT2D eigenvalue weighted by Crippen LogP contribution is -2.48. The van der Waals surface area contributed by atoms with E-state index >= 15 is 0 Å². The number of aromatic nitrogens is 6. The van der Waals surface area contributed by atoms with Crippen LogP contribution in [0.15, 0.2) is 67.3 Å². The van der Waals surface area contributed by atoms with E-state index in [1.807, 2.05) is 17.3 Å². The van der Waals surface area contributed by atoms with E-state index in [-0.39, 0.29) is 5.91 Å². The zero-order chi connectivity index (χ0) is 39.3. The highest BCUT2D eigenvalue weighted by molar-refractivity contribution is 5.82. The van der Waals surface area contributed by atoms with Crippen molar-refractivity contribution in [1.82, 2.24) is 39.3 Å². The van der Waals surface area contributed by atoms with Gasteiger partial charge < -0.3 is 39.8 Å². The normalized spacial score (nSPS) is 20.2. The molecule has 2 aliphatic heterocycles. The van der Waals surface area contributed by atoms with Crippen molar-refractivity contribution in [2.45, 2.75) is 77.3 Å². The summed E-state index contributed by atoms with van der Waals surface area (Å²) in [7, 11) is 0. The number of benzene rings is 2. The van der Waals surface area contributed by atoms with E-state index in [9.17, 15) is 4.79 Å². The van der Waals surface area contributed by atoms with Crippen molar-refractivity contribution in [2.24, 2.45) is 0 Å². The molecule has 3 N–H and O–H groups in total. The zero-order valence-corrected chi connectivity index (χ0v) is 33.9. The molecular formula is C45H54N12O. The number of nitrogens with zero attached hydrogens (tertiary/aromatic N) is 9. The number of carbonyl (C=O) groups is 1. The fourth-order valence-corrected chi connectivity index (χ4v) is 9.51. The predicted octanol–water partition coefficient (Wildman–Crippen LogP) is 7.59. The lowest BCUT2D eigenvalue weighted by molar-refractivity contribution is -0.129. The summed E-state index contributed by atoms with van der Waals surface area (Å²) in [5.74, 6) is 1.75. The minimum atomic E-state index is 0.147. The Labute approximate surface area is 339 Å². The van der Waals surface area contributed by atoms with Gasteiger partial charge >= 0.3 is 0 Å². The Kier molecular flexibility index (Phi) is 9.63. The van der Waals surface area contributed by atoms with E-state index in [2.05, 4.69) is 104 Å². The van der Waals surface area contributed by atoms with Gasteiger partial charge in [-0.1, -0.05) is 6.42 Å². The SMILES string of the molecule is CC(=O)N1CCN(c2ccc(Nc3ncc4c(C)cn(C5CCCC(c6cc(N7CCNCC7)ccc6Nc6ncc7c(C)cn(C8CC8)c7n6)C5)c4n3)cc2)CC1. The molecule has 6 heterocycles. The van der Waals surface area contributed by atoms with Crippen LogP contribution in [0.25, 0.3) is 22.1 Å². The van der Waals surface area contributed by atoms with Crippen molar-refractivity contribution >= 4 is 62.6 Å². The molecule has 0 bridgehead atoms. The van der Waals surface area contributed by atoms with Gasteiger partial charge in [0.15, 0.2) is 0 Å². The van der Waals surface area contributed by atoms with Gasteiger partial charge in [0.05, 0.1) is 0 Å². The van der Waals surface area contributed by atoms with Gasteiger partial charge in [-0.2, -0.15) is 9.97 Å². The number of anilines is 6. The Balaban J connectivity index is 0.909. The number of amides is 1. The van der Waals surface area contributed by atoms with Crippen LogP contribution in [0.5, 0.6) is 0 Å². The molecule has 6 aromatic rings. The third-order valence-electron chi connectivity index (χ3n) is 12.9. The molecule has 2 atom stereocenters. The summed E-state index contributed by atoms with van der Waals surface area (Å²) in [6.45, 7) is 13.2. The van der Waals surface area contributed by atoms with Gasteiger partial charge in [-0.3, -0.25) is 4.79 Å². The molecule has 0 spiro atoms. The third-order valence-corrected chi connectivity index (χ3v) is 12.9. The quantitative estimate of drug-likeness (QED) is 0.135. The fourth-order valence-electron chi connectivity index (χ4n) is 9.51. The first-order valence-corrected chi connectivity index (χ1v) is 21.3. The Morgan fingerprint density at radius 3 is 1.98 bits per heavy atom. The maximum Gasteiger partial charge on any atom is 0.229 e. The fraction of sp³-hybridized carbons (Fsp3) is 0.444. The van der Waals surface area contributed by atoms with E-state index in [4.69, 9.17) is 19.9 Å². The number of hydrogen-bond donors (Lipinski definition) is 3. The molecule has 13 nitrogen and oxygen atoms in total. The maximum atomic E-state index is 11.8. The standard InChI is InChI=1S/C45H54N12O/c1-29-27-56(35-11-12-35)42-39(29)26-48-45(52-42)50-41-14-13-36(54-17-15-46-16-18-54)24-38(41)32-5-4-6-37(23-32)57-28-30(2)40-25-47-44(51-43(40)57)49-33-7-9-34(10-8-33)55-21-19-53(20-22-55)31(3)58/h7-10,13-14,24-28,32,35,37,46H,4-6,11-12,15-23H2,1-3H3,(H,47,49,51)(H,48,50,52). The van der Waals surface area contributed by atoms with Gasteiger partial charge in [-0.05, 0) is 111 Å². The van der Waals surface area contributed by atoms with E-state index in [0.717, 1.165) is 117 Å². The van der Waals surface area contributed by atoms with Crippen LogP contribution in [-0.4, -0.2) is 92.2 Å². The summed E-state index contributed by atoms with van der Waals surface area (Å²) in [5, 5.41) is 12.9. The van der Waals surface area contributed by atoms with Gasteiger partial charge in [-0.25, -0.2) is 9.97 Å². The van der Waals surface area contributed by atoms with Crippen molar-refractivity contribution in [3.8, 4) is 0 Å².